The monoisotopic (exact) mass is 253 g/mol. The number of halogens is 1. The maximum Gasteiger partial charge on any atom is 0.322 e. The summed E-state index contributed by atoms with van der Waals surface area (Å²) in [4.78, 5) is 21.3. The van der Waals surface area contributed by atoms with E-state index in [1.165, 1.54) is 25.3 Å². The zero-order chi connectivity index (χ0) is 13.5. The summed E-state index contributed by atoms with van der Waals surface area (Å²) < 4.78 is 18.0. The van der Waals surface area contributed by atoms with Gasteiger partial charge in [-0.25, -0.2) is 4.39 Å². The second-order valence-corrected chi connectivity index (χ2v) is 3.34. The predicted octanol–water partition coefficient (Wildman–Crippen LogP) is 1.05. The van der Waals surface area contributed by atoms with Gasteiger partial charge >= 0.3 is 5.97 Å². The lowest BCUT2D eigenvalue weighted by molar-refractivity contribution is -0.137. The molecule has 0 aliphatic carbocycles. The minimum Gasteiger partial charge on any atom is -0.494 e. The molecule has 0 saturated carbocycles. The number of carbonyl (C=O) groups excluding carboxylic acids is 1. The molecule has 0 fully saturated rings. The third-order valence-corrected chi connectivity index (χ3v) is 2.02. The van der Waals surface area contributed by atoms with Crippen molar-refractivity contribution in [2.75, 3.05) is 13.7 Å². The van der Waals surface area contributed by atoms with Gasteiger partial charge in [0.1, 0.15) is 6.54 Å². The largest absolute Gasteiger partial charge is 0.494 e. The van der Waals surface area contributed by atoms with Crippen molar-refractivity contribution in [3.63, 3.8) is 0 Å². The maximum atomic E-state index is 13.3. The van der Waals surface area contributed by atoms with Gasteiger partial charge in [-0.15, -0.1) is 0 Å². The standard InChI is InChI=1S/C12H12FNO4/c1-18-10-4-2-8(6-9(10)13)3-5-11(15)14-7-12(16)17/h2-6H,7H2,1H3,(H,14,15)(H,16,17)/b5-3+. The predicted molar refractivity (Wildman–Crippen MR) is 62.6 cm³/mol. The number of carboxylic acid groups (broad SMARTS) is 1. The Balaban J connectivity index is 2.64. The van der Waals surface area contributed by atoms with Crippen LogP contribution >= 0.6 is 0 Å². The molecular formula is C12H12FNO4. The number of nitrogens with one attached hydrogen (secondary N) is 1. The zero-order valence-corrected chi connectivity index (χ0v) is 9.64. The summed E-state index contributed by atoms with van der Waals surface area (Å²) in [6.07, 6.45) is 2.50. The Hall–Kier alpha value is -2.37. The Bertz CT molecular complexity index is 485. The summed E-state index contributed by atoms with van der Waals surface area (Å²) in [6, 6.07) is 4.22. The molecule has 0 unspecified atom stereocenters. The third kappa shape index (κ3) is 4.25. The first-order valence-corrected chi connectivity index (χ1v) is 5.04. The van der Waals surface area contributed by atoms with E-state index < -0.39 is 24.2 Å². The van der Waals surface area contributed by atoms with Gasteiger partial charge in [0.15, 0.2) is 11.6 Å². The fourth-order valence-electron chi connectivity index (χ4n) is 1.18. The van der Waals surface area contributed by atoms with Crippen LogP contribution in [-0.2, 0) is 9.59 Å². The average molecular weight is 253 g/mol. The van der Waals surface area contributed by atoms with Crippen molar-refractivity contribution in [3.05, 3.63) is 35.7 Å². The van der Waals surface area contributed by atoms with Crippen LogP contribution in [0.4, 0.5) is 4.39 Å². The number of hydrogen-bond donors (Lipinski definition) is 2. The smallest absolute Gasteiger partial charge is 0.322 e. The number of carboxylic acids is 1. The number of rotatable bonds is 5. The minimum absolute atomic E-state index is 0.113. The molecule has 0 atom stereocenters. The second kappa shape index (κ2) is 6.39. The summed E-state index contributed by atoms with van der Waals surface area (Å²) in [7, 11) is 1.35. The fourth-order valence-corrected chi connectivity index (χ4v) is 1.18. The normalized spacial score (nSPS) is 10.3. The van der Waals surface area contributed by atoms with Gasteiger partial charge in [-0.3, -0.25) is 9.59 Å². The SMILES string of the molecule is COc1ccc(/C=C/C(=O)NCC(=O)O)cc1F. The zero-order valence-electron chi connectivity index (χ0n) is 9.64. The molecule has 0 spiro atoms. The van der Waals surface area contributed by atoms with Crippen molar-refractivity contribution < 1.29 is 23.8 Å². The number of aliphatic carboxylic acids is 1. The van der Waals surface area contributed by atoms with Crippen LogP contribution in [0.2, 0.25) is 0 Å². The van der Waals surface area contributed by atoms with Gasteiger partial charge in [0.25, 0.3) is 0 Å². The minimum atomic E-state index is -1.13. The van der Waals surface area contributed by atoms with Gasteiger partial charge < -0.3 is 15.2 Å². The van der Waals surface area contributed by atoms with Crippen LogP contribution in [-0.4, -0.2) is 30.6 Å². The van der Waals surface area contributed by atoms with Crippen LogP contribution in [0, 0.1) is 5.82 Å². The van der Waals surface area contributed by atoms with Crippen LogP contribution in [0.15, 0.2) is 24.3 Å². The highest BCUT2D eigenvalue weighted by Crippen LogP contribution is 2.18. The number of benzene rings is 1. The first kappa shape index (κ1) is 13.7. The lowest BCUT2D eigenvalue weighted by Gasteiger charge is -2.02. The molecule has 96 valence electrons. The van der Waals surface area contributed by atoms with E-state index in [-0.39, 0.29) is 5.75 Å². The van der Waals surface area contributed by atoms with Crippen LogP contribution in [0.3, 0.4) is 0 Å². The third-order valence-electron chi connectivity index (χ3n) is 2.02. The van der Waals surface area contributed by atoms with E-state index in [1.807, 2.05) is 0 Å². The van der Waals surface area contributed by atoms with Crippen LogP contribution < -0.4 is 10.1 Å². The van der Waals surface area contributed by atoms with Crippen LogP contribution in [0.25, 0.3) is 6.08 Å². The molecule has 1 aromatic carbocycles. The highest BCUT2D eigenvalue weighted by molar-refractivity contribution is 5.93. The summed E-state index contributed by atoms with van der Waals surface area (Å²) in [5, 5.41) is 10.5. The number of hydrogen-bond acceptors (Lipinski definition) is 3. The van der Waals surface area contributed by atoms with Gasteiger partial charge in [0.05, 0.1) is 7.11 Å². The molecule has 0 aliphatic rings. The Kier molecular flexibility index (Phi) is 4.86. The fraction of sp³-hybridized carbons (Fsp3) is 0.167. The lowest BCUT2D eigenvalue weighted by Crippen LogP contribution is -2.27. The van der Waals surface area contributed by atoms with E-state index in [1.54, 1.807) is 6.07 Å². The molecule has 0 radical (unpaired) electrons. The van der Waals surface area contributed by atoms with Crippen molar-refractivity contribution >= 4 is 18.0 Å². The summed E-state index contributed by atoms with van der Waals surface area (Å²) in [5.74, 6) is -2.12. The van der Waals surface area contributed by atoms with E-state index in [0.29, 0.717) is 5.56 Å². The van der Waals surface area contributed by atoms with Gasteiger partial charge in [0.2, 0.25) is 5.91 Å². The van der Waals surface area contributed by atoms with E-state index in [0.717, 1.165) is 6.08 Å². The molecule has 0 heterocycles. The molecule has 6 heteroatoms. The van der Waals surface area contributed by atoms with E-state index in [2.05, 4.69) is 5.32 Å². The molecule has 1 aromatic rings. The molecule has 0 bridgehead atoms. The first-order valence-electron chi connectivity index (χ1n) is 5.04. The van der Waals surface area contributed by atoms with E-state index in [9.17, 15) is 14.0 Å². The van der Waals surface area contributed by atoms with E-state index in [4.69, 9.17) is 9.84 Å². The first-order chi connectivity index (χ1) is 8.52. The van der Waals surface area contributed by atoms with Crippen molar-refractivity contribution in [2.24, 2.45) is 0 Å². The van der Waals surface area contributed by atoms with Gasteiger partial charge in [-0.1, -0.05) is 6.07 Å². The molecule has 1 amide bonds. The molecule has 2 N–H and O–H groups in total. The van der Waals surface area contributed by atoms with Gasteiger partial charge in [-0.2, -0.15) is 0 Å². The number of ether oxygens (including phenoxy) is 1. The topological polar surface area (TPSA) is 75.6 Å². The Morgan fingerprint density at radius 2 is 2.22 bits per heavy atom. The van der Waals surface area contributed by atoms with Gasteiger partial charge in [-0.05, 0) is 23.8 Å². The average Bonchev–Trinajstić information content (AvgIpc) is 2.34. The summed E-state index contributed by atoms with van der Waals surface area (Å²) in [6.45, 7) is -0.458. The molecule has 18 heavy (non-hydrogen) atoms. The van der Waals surface area contributed by atoms with Crippen molar-refractivity contribution in [1.82, 2.24) is 5.32 Å². The van der Waals surface area contributed by atoms with Crippen molar-refractivity contribution in [3.8, 4) is 5.75 Å². The van der Waals surface area contributed by atoms with E-state index >= 15 is 0 Å². The molecule has 0 saturated heterocycles. The van der Waals surface area contributed by atoms with Crippen LogP contribution in [0.1, 0.15) is 5.56 Å². The number of methoxy groups -OCH3 is 1. The highest BCUT2D eigenvalue weighted by atomic mass is 19.1. The van der Waals surface area contributed by atoms with Gasteiger partial charge in [0, 0.05) is 6.08 Å². The summed E-state index contributed by atoms with van der Waals surface area (Å²) >= 11 is 0. The highest BCUT2D eigenvalue weighted by Gasteiger charge is 2.02. The quantitative estimate of drug-likeness (QED) is 0.769. The Labute approximate surface area is 103 Å². The molecule has 1 rings (SSSR count). The second-order valence-electron chi connectivity index (χ2n) is 3.34. The number of carbonyl (C=O) groups is 2. The lowest BCUT2D eigenvalue weighted by atomic mass is 10.2. The van der Waals surface area contributed by atoms with Crippen LogP contribution in [0.5, 0.6) is 5.75 Å². The number of amides is 1. The molecule has 0 aliphatic heterocycles. The van der Waals surface area contributed by atoms with Crippen molar-refractivity contribution in [2.45, 2.75) is 0 Å². The Morgan fingerprint density at radius 3 is 2.78 bits per heavy atom. The molecular weight excluding hydrogens is 241 g/mol. The molecule has 0 aromatic heterocycles. The van der Waals surface area contributed by atoms with Crippen molar-refractivity contribution in [1.29, 1.82) is 0 Å². The summed E-state index contributed by atoms with van der Waals surface area (Å²) in [5.41, 5.74) is 0.471. The maximum absolute atomic E-state index is 13.3. The molecule has 5 nitrogen and oxygen atoms in total. The Morgan fingerprint density at radius 1 is 1.50 bits per heavy atom.